The zero-order valence-corrected chi connectivity index (χ0v) is 9.14. The number of rotatable bonds is 3. The lowest BCUT2D eigenvalue weighted by Crippen LogP contribution is -2.44. The van der Waals surface area contributed by atoms with Crippen LogP contribution < -0.4 is 5.73 Å². The lowest BCUT2D eigenvalue weighted by Gasteiger charge is -2.38. The van der Waals surface area contributed by atoms with E-state index in [-0.39, 0.29) is 12.5 Å². The molecule has 2 aliphatic carbocycles. The predicted molar refractivity (Wildman–Crippen MR) is 56.7 cm³/mol. The summed E-state index contributed by atoms with van der Waals surface area (Å²) in [5, 5.41) is 0. The normalized spacial score (nSPS) is 37.9. The number of nitrogens with two attached hydrogens (primary N) is 1. The van der Waals surface area contributed by atoms with Crippen molar-refractivity contribution in [1.82, 2.24) is 0 Å². The van der Waals surface area contributed by atoms with E-state index in [2.05, 4.69) is 6.92 Å². The third-order valence-electron chi connectivity index (χ3n) is 4.18. The second-order valence-electron chi connectivity index (χ2n) is 5.37. The summed E-state index contributed by atoms with van der Waals surface area (Å²) in [6.07, 6.45) is 6.74. The Bertz CT molecular complexity index is 202. The highest BCUT2D eigenvalue weighted by Gasteiger charge is 2.50. The van der Waals surface area contributed by atoms with Crippen LogP contribution in [0.5, 0.6) is 0 Å². The summed E-state index contributed by atoms with van der Waals surface area (Å²) in [5.74, 6) is 1.25. The summed E-state index contributed by atoms with van der Waals surface area (Å²) in [5.41, 5.74) is 4.63. The lowest BCUT2D eigenvalue weighted by atomic mass is 9.72. The molecule has 2 saturated carbocycles. The molecule has 1 nitrogen and oxygen atoms in total. The van der Waals surface area contributed by atoms with Gasteiger partial charge in [0.25, 0.3) is 0 Å². The Morgan fingerprint density at radius 2 is 1.93 bits per heavy atom. The molecule has 0 spiro atoms. The van der Waals surface area contributed by atoms with Gasteiger partial charge in [-0.05, 0) is 43.4 Å². The number of halogens is 1. The van der Waals surface area contributed by atoms with Crippen LogP contribution in [-0.4, -0.2) is 12.2 Å². The number of alkyl halides is 1. The highest BCUT2D eigenvalue weighted by Crippen LogP contribution is 2.50. The molecular formula is C12H22FN. The second-order valence-corrected chi connectivity index (χ2v) is 5.37. The molecule has 2 N–H and O–H groups in total. The SMILES string of the molecule is CC1CCCC(C(F)(CN)C2CC2)C1. The largest absolute Gasteiger partial charge is 0.328 e. The van der Waals surface area contributed by atoms with Crippen molar-refractivity contribution in [3.05, 3.63) is 0 Å². The Labute approximate surface area is 86.2 Å². The predicted octanol–water partition coefficient (Wildman–Crippen LogP) is 2.89. The number of hydrogen-bond acceptors (Lipinski definition) is 1. The fraction of sp³-hybridized carbons (Fsp3) is 1.00. The Morgan fingerprint density at radius 1 is 1.21 bits per heavy atom. The zero-order chi connectivity index (χ0) is 10.2. The van der Waals surface area contributed by atoms with Crippen molar-refractivity contribution in [2.75, 3.05) is 6.54 Å². The molecule has 2 heteroatoms. The molecular weight excluding hydrogens is 177 g/mol. The Balaban J connectivity index is 2.02. The van der Waals surface area contributed by atoms with Gasteiger partial charge in [-0.2, -0.15) is 0 Å². The molecule has 0 radical (unpaired) electrons. The van der Waals surface area contributed by atoms with Crippen molar-refractivity contribution in [2.24, 2.45) is 23.5 Å². The van der Waals surface area contributed by atoms with Crippen LogP contribution >= 0.6 is 0 Å². The summed E-state index contributed by atoms with van der Waals surface area (Å²) in [6.45, 7) is 2.49. The molecule has 0 heterocycles. The van der Waals surface area contributed by atoms with Gasteiger partial charge < -0.3 is 5.73 Å². The van der Waals surface area contributed by atoms with E-state index >= 15 is 0 Å². The van der Waals surface area contributed by atoms with Crippen molar-refractivity contribution in [3.8, 4) is 0 Å². The molecule has 0 aromatic rings. The van der Waals surface area contributed by atoms with E-state index in [4.69, 9.17) is 5.73 Å². The Hall–Kier alpha value is -0.110. The van der Waals surface area contributed by atoms with E-state index in [0.29, 0.717) is 11.8 Å². The van der Waals surface area contributed by atoms with Gasteiger partial charge in [0.2, 0.25) is 0 Å². The van der Waals surface area contributed by atoms with Crippen LogP contribution in [0, 0.1) is 17.8 Å². The topological polar surface area (TPSA) is 26.0 Å². The van der Waals surface area contributed by atoms with E-state index in [0.717, 1.165) is 25.7 Å². The van der Waals surface area contributed by atoms with Crippen molar-refractivity contribution in [1.29, 1.82) is 0 Å². The van der Waals surface area contributed by atoms with Crippen molar-refractivity contribution in [2.45, 2.75) is 51.1 Å². The quantitative estimate of drug-likeness (QED) is 0.743. The molecule has 2 aliphatic rings. The van der Waals surface area contributed by atoms with Gasteiger partial charge in [0.1, 0.15) is 5.67 Å². The van der Waals surface area contributed by atoms with E-state index in [9.17, 15) is 4.39 Å². The summed E-state index contributed by atoms with van der Waals surface area (Å²) in [7, 11) is 0. The molecule has 14 heavy (non-hydrogen) atoms. The molecule has 0 saturated heterocycles. The standard InChI is InChI=1S/C12H22FN/c1-9-3-2-4-11(7-9)12(13,8-14)10-5-6-10/h9-11H,2-8,14H2,1H3. The van der Waals surface area contributed by atoms with Crippen molar-refractivity contribution < 1.29 is 4.39 Å². The first-order valence-corrected chi connectivity index (χ1v) is 6.05. The summed E-state index contributed by atoms with van der Waals surface area (Å²) < 4.78 is 14.6. The maximum atomic E-state index is 14.6. The first-order valence-electron chi connectivity index (χ1n) is 6.05. The molecule has 3 atom stereocenters. The molecule has 2 fully saturated rings. The van der Waals surface area contributed by atoms with Crippen LogP contribution in [0.25, 0.3) is 0 Å². The van der Waals surface area contributed by atoms with Crippen LogP contribution in [0.15, 0.2) is 0 Å². The summed E-state index contributed by atoms with van der Waals surface area (Å²) in [4.78, 5) is 0. The fourth-order valence-electron chi connectivity index (χ4n) is 3.10. The van der Waals surface area contributed by atoms with Gasteiger partial charge in [-0.15, -0.1) is 0 Å². The van der Waals surface area contributed by atoms with E-state index < -0.39 is 5.67 Å². The highest BCUT2D eigenvalue weighted by atomic mass is 19.1. The maximum absolute atomic E-state index is 14.6. The Morgan fingerprint density at radius 3 is 2.43 bits per heavy atom. The van der Waals surface area contributed by atoms with Gasteiger partial charge in [-0.1, -0.05) is 19.8 Å². The van der Waals surface area contributed by atoms with Gasteiger partial charge in [-0.25, -0.2) is 4.39 Å². The van der Waals surface area contributed by atoms with E-state index in [1.165, 1.54) is 12.8 Å². The molecule has 0 aromatic carbocycles. The molecule has 0 bridgehead atoms. The molecule has 0 amide bonds. The van der Waals surface area contributed by atoms with Crippen LogP contribution in [0.4, 0.5) is 4.39 Å². The van der Waals surface area contributed by atoms with Crippen LogP contribution in [0.1, 0.15) is 45.4 Å². The number of hydrogen-bond donors (Lipinski definition) is 1. The third-order valence-corrected chi connectivity index (χ3v) is 4.18. The summed E-state index contributed by atoms with van der Waals surface area (Å²) in [6, 6.07) is 0. The van der Waals surface area contributed by atoms with Crippen LogP contribution in [0.2, 0.25) is 0 Å². The minimum atomic E-state index is -1.02. The highest BCUT2D eigenvalue weighted by molar-refractivity contribution is 5.01. The zero-order valence-electron chi connectivity index (χ0n) is 9.14. The average molecular weight is 199 g/mol. The molecule has 2 rings (SSSR count). The molecule has 82 valence electrons. The fourth-order valence-corrected chi connectivity index (χ4v) is 3.10. The Kier molecular flexibility index (Phi) is 2.83. The van der Waals surface area contributed by atoms with Gasteiger partial charge in [0.15, 0.2) is 0 Å². The van der Waals surface area contributed by atoms with Crippen molar-refractivity contribution >= 4 is 0 Å². The second kappa shape index (κ2) is 3.80. The van der Waals surface area contributed by atoms with E-state index in [1.54, 1.807) is 0 Å². The minimum Gasteiger partial charge on any atom is -0.328 e. The maximum Gasteiger partial charge on any atom is 0.128 e. The van der Waals surface area contributed by atoms with Crippen LogP contribution in [-0.2, 0) is 0 Å². The van der Waals surface area contributed by atoms with Crippen LogP contribution in [0.3, 0.4) is 0 Å². The lowest BCUT2D eigenvalue weighted by molar-refractivity contribution is 0.0301. The minimum absolute atomic E-state index is 0.245. The van der Waals surface area contributed by atoms with Gasteiger partial charge in [0, 0.05) is 6.54 Å². The summed E-state index contributed by atoms with van der Waals surface area (Å²) >= 11 is 0. The van der Waals surface area contributed by atoms with Gasteiger partial charge in [0.05, 0.1) is 0 Å². The molecule has 0 aromatic heterocycles. The first-order chi connectivity index (χ1) is 6.66. The monoisotopic (exact) mass is 199 g/mol. The smallest absolute Gasteiger partial charge is 0.128 e. The first kappa shape index (κ1) is 10.4. The van der Waals surface area contributed by atoms with Gasteiger partial charge in [-0.3, -0.25) is 0 Å². The average Bonchev–Trinajstić information content (AvgIpc) is 3.00. The molecule has 0 aliphatic heterocycles. The third kappa shape index (κ3) is 1.81. The van der Waals surface area contributed by atoms with Crippen molar-refractivity contribution in [3.63, 3.8) is 0 Å². The van der Waals surface area contributed by atoms with Gasteiger partial charge >= 0.3 is 0 Å². The molecule has 3 unspecified atom stereocenters. The van der Waals surface area contributed by atoms with E-state index in [1.807, 2.05) is 0 Å².